The topological polar surface area (TPSA) is 0 Å². The van der Waals surface area contributed by atoms with Crippen LogP contribution in [0.1, 0.15) is 122 Å². The quantitative estimate of drug-likeness (QED) is 0.459. The van der Waals surface area contributed by atoms with Crippen molar-refractivity contribution in [2.24, 2.45) is 17.8 Å². The number of rotatable bonds is 6. The van der Waals surface area contributed by atoms with Crippen LogP contribution >= 0.6 is 0 Å². The maximum absolute atomic E-state index is 2.37. The molecule has 0 amide bonds. The zero-order valence-corrected chi connectivity index (χ0v) is 18.3. The minimum absolute atomic E-state index is 0.874. The molecule has 0 heteroatoms. The first kappa shape index (κ1) is 32.8. The van der Waals surface area contributed by atoms with E-state index in [0.29, 0.717) is 0 Å². The number of hydrogen-bond acceptors (Lipinski definition) is 0. The van der Waals surface area contributed by atoms with Crippen molar-refractivity contribution in [3.05, 3.63) is 0 Å². The molecule has 0 rings (SSSR count). The summed E-state index contributed by atoms with van der Waals surface area (Å²) >= 11 is 0. The van der Waals surface area contributed by atoms with Gasteiger partial charge in [0.15, 0.2) is 0 Å². The molecule has 0 saturated carbocycles. The highest BCUT2D eigenvalue weighted by Gasteiger charge is 2.11. The Hall–Kier alpha value is 0. The fraction of sp³-hybridized carbons (Fsp3) is 1.00. The Morgan fingerprint density at radius 3 is 1.10 bits per heavy atom. The van der Waals surface area contributed by atoms with Crippen molar-refractivity contribution in [1.82, 2.24) is 0 Å². The van der Waals surface area contributed by atoms with Crippen molar-refractivity contribution in [3.8, 4) is 0 Å². The third-order valence-electron chi connectivity index (χ3n) is 3.19. The molecule has 0 aromatic heterocycles. The summed E-state index contributed by atoms with van der Waals surface area (Å²) in [6, 6.07) is 0. The highest BCUT2D eigenvalue weighted by atomic mass is 14.2. The van der Waals surface area contributed by atoms with Gasteiger partial charge in [0.2, 0.25) is 0 Å². The summed E-state index contributed by atoms with van der Waals surface area (Å²) in [6.07, 6.45) is 6.80. The summed E-state index contributed by atoms with van der Waals surface area (Å²) in [5.74, 6) is 2.76. The predicted octanol–water partition coefficient (Wildman–Crippen LogP) is 8.99. The summed E-state index contributed by atoms with van der Waals surface area (Å²) in [5.41, 5.74) is 0. The van der Waals surface area contributed by atoms with Gasteiger partial charge in [0.05, 0.1) is 0 Å². The van der Waals surface area contributed by atoms with E-state index in [1.54, 1.807) is 0 Å². The first-order valence-electron chi connectivity index (χ1n) is 10.0. The average molecular weight is 305 g/mol. The van der Waals surface area contributed by atoms with Crippen LogP contribution in [-0.4, -0.2) is 0 Å². The lowest BCUT2D eigenvalue weighted by Gasteiger charge is -2.20. The second-order valence-electron chi connectivity index (χ2n) is 5.21. The van der Waals surface area contributed by atoms with Crippen molar-refractivity contribution < 1.29 is 0 Å². The van der Waals surface area contributed by atoms with E-state index < -0.39 is 0 Å². The summed E-state index contributed by atoms with van der Waals surface area (Å²) < 4.78 is 0. The van der Waals surface area contributed by atoms with E-state index in [0.717, 1.165) is 17.8 Å². The second kappa shape index (κ2) is 36.8. The maximum atomic E-state index is 2.37. The van der Waals surface area contributed by atoms with E-state index in [9.17, 15) is 0 Å². The van der Waals surface area contributed by atoms with Crippen molar-refractivity contribution in [2.75, 3.05) is 0 Å². The van der Waals surface area contributed by atoms with Crippen LogP contribution in [0.25, 0.3) is 0 Å². The van der Waals surface area contributed by atoms with E-state index in [2.05, 4.69) is 48.5 Å². The Bertz CT molecular complexity index is 105. The maximum Gasteiger partial charge on any atom is -0.0394 e. The van der Waals surface area contributed by atoms with Gasteiger partial charge in [0.25, 0.3) is 0 Å². The summed E-state index contributed by atoms with van der Waals surface area (Å²) in [4.78, 5) is 0. The summed E-state index contributed by atoms with van der Waals surface area (Å²) in [6.45, 7) is 27.9. The van der Waals surface area contributed by atoms with Gasteiger partial charge in [-0.25, -0.2) is 0 Å². The van der Waals surface area contributed by atoms with Crippen LogP contribution in [0.4, 0.5) is 0 Å². The molecule has 0 heterocycles. The van der Waals surface area contributed by atoms with Gasteiger partial charge in [-0.05, 0) is 24.2 Å². The molecular weight excluding hydrogens is 252 g/mol. The monoisotopic (exact) mass is 304 g/mol. The molecule has 0 aliphatic rings. The zero-order valence-electron chi connectivity index (χ0n) is 18.3. The van der Waals surface area contributed by atoms with Gasteiger partial charge in [-0.1, -0.05) is 116 Å². The Morgan fingerprint density at radius 2 is 0.905 bits per heavy atom. The van der Waals surface area contributed by atoms with Crippen LogP contribution in [0, 0.1) is 17.8 Å². The van der Waals surface area contributed by atoms with Crippen LogP contribution < -0.4 is 0 Å². The Morgan fingerprint density at radius 1 is 0.571 bits per heavy atom. The van der Waals surface area contributed by atoms with Crippen LogP contribution in [0.15, 0.2) is 0 Å². The highest BCUT2D eigenvalue weighted by Crippen LogP contribution is 2.23. The van der Waals surface area contributed by atoms with Gasteiger partial charge in [0.1, 0.15) is 0 Å². The van der Waals surface area contributed by atoms with Gasteiger partial charge < -0.3 is 0 Å². The molecule has 0 fully saturated rings. The molecule has 0 spiro atoms. The Kier molecular flexibility index (Phi) is 57.6. The van der Waals surface area contributed by atoms with E-state index in [1.807, 2.05) is 41.5 Å². The standard InChI is InChI=1S/C12H26.C3H8.3C2H6/c1-6-11(5)8-9-12(7-2)10(3)4;1-3-2;3*1-2/h10-12H,6-9H2,1-5H3;3H2,1-2H3;3*1-2H3. The smallest absolute Gasteiger partial charge is 0.0394 e. The van der Waals surface area contributed by atoms with Crippen LogP contribution in [0.5, 0.6) is 0 Å². The van der Waals surface area contributed by atoms with Crippen molar-refractivity contribution in [3.63, 3.8) is 0 Å². The van der Waals surface area contributed by atoms with E-state index in [1.165, 1.54) is 32.1 Å². The Labute approximate surface area is 140 Å². The molecule has 0 N–H and O–H groups in total. The lowest BCUT2D eigenvalue weighted by molar-refractivity contribution is 0.315. The highest BCUT2D eigenvalue weighted by molar-refractivity contribution is 4.63. The molecule has 0 nitrogen and oxygen atoms in total. The van der Waals surface area contributed by atoms with Crippen molar-refractivity contribution in [2.45, 2.75) is 122 Å². The Balaban J connectivity index is -0.0000000795. The third kappa shape index (κ3) is 38.3. The van der Waals surface area contributed by atoms with Gasteiger partial charge >= 0.3 is 0 Å². The molecule has 0 aliphatic carbocycles. The van der Waals surface area contributed by atoms with Gasteiger partial charge in [-0.15, -0.1) is 0 Å². The lowest BCUT2D eigenvalue weighted by atomic mass is 9.86. The molecular formula is C21H52. The summed E-state index contributed by atoms with van der Waals surface area (Å²) in [7, 11) is 0. The van der Waals surface area contributed by atoms with Crippen LogP contribution in [0.2, 0.25) is 0 Å². The molecule has 0 aromatic rings. The summed E-state index contributed by atoms with van der Waals surface area (Å²) in [5, 5.41) is 0. The van der Waals surface area contributed by atoms with Crippen molar-refractivity contribution >= 4 is 0 Å². The molecule has 136 valence electrons. The largest absolute Gasteiger partial charge is 0.0683 e. The molecule has 0 saturated heterocycles. The van der Waals surface area contributed by atoms with Gasteiger partial charge in [-0.2, -0.15) is 0 Å². The first-order valence-corrected chi connectivity index (χ1v) is 10.0. The molecule has 2 atom stereocenters. The third-order valence-corrected chi connectivity index (χ3v) is 3.19. The molecule has 0 aliphatic heterocycles. The minimum Gasteiger partial charge on any atom is -0.0683 e. The molecule has 21 heavy (non-hydrogen) atoms. The zero-order chi connectivity index (χ0) is 18.3. The average Bonchev–Trinajstić information content (AvgIpc) is 2.54. The van der Waals surface area contributed by atoms with Crippen LogP contribution in [0.3, 0.4) is 0 Å². The molecule has 0 radical (unpaired) electrons. The molecule has 0 bridgehead atoms. The van der Waals surface area contributed by atoms with Crippen LogP contribution in [-0.2, 0) is 0 Å². The predicted molar refractivity (Wildman–Crippen MR) is 107 cm³/mol. The normalized spacial score (nSPS) is 11.1. The van der Waals surface area contributed by atoms with Crippen molar-refractivity contribution in [1.29, 1.82) is 0 Å². The minimum atomic E-state index is 0.874. The molecule has 0 aromatic carbocycles. The molecule has 2 unspecified atom stereocenters. The fourth-order valence-electron chi connectivity index (χ4n) is 1.71. The fourth-order valence-corrected chi connectivity index (χ4v) is 1.71. The van der Waals surface area contributed by atoms with E-state index in [-0.39, 0.29) is 0 Å². The SMILES string of the molecule is CC.CC.CC.CCC.CCC(C)CCC(CC)C(C)C. The lowest BCUT2D eigenvalue weighted by Crippen LogP contribution is -2.08. The van der Waals surface area contributed by atoms with E-state index >= 15 is 0 Å². The van der Waals surface area contributed by atoms with E-state index in [4.69, 9.17) is 0 Å². The van der Waals surface area contributed by atoms with Gasteiger partial charge in [0, 0.05) is 0 Å². The first-order chi connectivity index (χ1) is 10.0. The van der Waals surface area contributed by atoms with Gasteiger partial charge in [-0.3, -0.25) is 0 Å². The number of hydrogen-bond donors (Lipinski definition) is 0. The second-order valence-corrected chi connectivity index (χ2v) is 5.21.